The highest BCUT2D eigenvalue weighted by Gasteiger charge is 2.18. The van der Waals surface area contributed by atoms with Crippen molar-refractivity contribution in [3.05, 3.63) is 54.7 Å². The molecule has 0 amide bonds. The van der Waals surface area contributed by atoms with Crippen LogP contribution in [-0.4, -0.2) is 22.8 Å². The lowest BCUT2D eigenvalue weighted by atomic mass is 10.1. The van der Waals surface area contributed by atoms with E-state index in [0.717, 1.165) is 46.9 Å². The minimum atomic E-state index is 0.589. The molecular weight excluding hydrogens is 288 g/mol. The maximum absolute atomic E-state index is 5.73. The molecule has 0 aliphatic carbocycles. The van der Waals surface area contributed by atoms with Gasteiger partial charge in [-0.15, -0.1) is 0 Å². The van der Waals surface area contributed by atoms with Crippen LogP contribution in [0, 0.1) is 6.92 Å². The van der Waals surface area contributed by atoms with Gasteiger partial charge in [0.2, 0.25) is 0 Å². The summed E-state index contributed by atoms with van der Waals surface area (Å²) in [7, 11) is 0. The molecule has 0 N–H and O–H groups in total. The van der Waals surface area contributed by atoms with Gasteiger partial charge in [0.1, 0.15) is 19.0 Å². The van der Waals surface area contributed by atoms with Crippen LogP contribution in [0.4, 0.5) is 0 Å². The molecule has 0 saturated heterocycles. The first kappa shape index (κ1) is 14.1. The summed E-state index contributed by atoms with van der Waals surface area (Å²) in [6.45, 7) is 7.23. The minimum absolute atomic E-state index is 0.589. The summed E-state index contributed by atoms with van der Waals surface area (Å²) in [5.41, 5.74) is 4.32. The zero-order chi connectivity index (χ0) is 15.8. The SMILES string of the molecule is [CH2]Cc1ccc(-n2c(CC)nc3cc4c(cc32)OCCO4)cc1. The highest BCUT2D eigenvalue weighted by Crippen LogP contribution is 2.35. The van der Waals surface area contributed by atoms with Gasteiger partial charge in [-0.3, -0.25) is 4.57 Å². The van der Waals surface area contributed by atoms with Gasteiger partial charge in [0.05, 0.1) is 11.0 Å². The highest BCUT2D eigenvalue weighted by molar-refractivity contribution is 5.82. The van der Waals surface area contributed by atoms with Crippen LogP contribution in [0.1, 0.15) is 18.3 Å². The first-order valence-electron chi connectivity index (χ1n) is 7.99. The number of nitrogens with zero attached hydrogens (tertiary/aromatic N) is 2. The van der Waals surface area contributed by atoms with Crippen molar-refractivity contribution >= 4 is 11.0 Å². The van der Waals surface area contributed by atoms with Gasteiger partial charge in [0, 0.05) is 24.2 Å². The number of fused-ring (bicyclic) bond motifs is 2. The minimum Gasteiger partial charge on any atom is -0.486 e. The third-order valence-electron chi connectivity index (χ3n) is 4.19. The van der Waals surface area contributed by atoms with Gasteiger partial charge in [0.25, 0.3) is 0 Å². The molecule has 3 aromatic rings. The van der Waals surface area contributed by atoms with Gasteiger partial charge in [-0.25, -0.2) is 4.98 Å². The number of hydrogen-bond acceptors (Lipinski definition) is 3. The standard InChI is InChI=1S/C19H19N2O2/c1-3-13-5-7-14(8-6-13)21-16-12-18-17(22-9-10-23-18)11-15(16)20-19(21)4-2/h5-8,11-12H,1,3-4,9-10H2,2H3. The number of aromatic nitrogens is 2. The number of imidazole rings is 1. The van der Waals surface area contributed by atoms with E-state index < -0.39 is 0 Å². The van der Waals surface area contributed by atoms with Crippen molar-refractivity contribution in [3.63, 3.8) is 0 Å². The first-order chi connectivity index (χ1) is 11.3. The van der Waals surface area contributed by atoms with Gasteiger partial charge >= 0.3 is 0 Å². The fourth-order valence-corrected chi connectivity index (χ4v) is 3.00. The van der Waals surface area contributed by atoms with Crippen LogP contribution in [0.2, 0.25) is 0 Å². The lowest BCUT2D eigenvalue weighted by Gasteiger charge is -2.18. The zero-order valence-electron chi connectivity index (χ0n) is 13.2. The van der Waals surface area contributed by atoms with E-state index in [4.69, 9.17) is 14.5 Å². The summed E-state index contributed by atoms with van der Waals surface area (Å²) >= 11 is 0. The van der Waals surface area contributed by atoms with Gasteiger partial charge in [-0.1, -0.05) is 19.1 Å². The molecule has 2 heterocycles. The molecule has 1 aliphatic heterocycles. The summed E-state index contributed by atoms with van der Waals surface area (Å²) in [4.78, 5) is 4.77. The summed E-state index contributed by atoms with van der Waals surface area (Å²) in [6, 6.07) is 12.5. The summed E-state index contributed by atoms with van der Waals surface area (Å²) in [6.07, 6.45) is 1.66. The summed E-state index contributed by atoms with van der Waals surface area (Å²) in [5.74, 6) is 2.61. The molecule has 0 unspecified atom stereocenters. The molecule has 0 atom stereocenters. The molecule has 4 heteroatoms. The number of benzene rings is 2. The fraction of sp³-hybridized carbons (Fsp3) is 0.263. The third kappa shape index (κ3) is 2.34. The van der Waals surface area contributed by atoms with E-state index in [0.29, 0.717) is 13.2 Å². The van der Waals surface area contributed by atoms with Gasteiger partial charge in [-0.2, -0.15) is 0 Å². The van der Waals surface area contributed by atoms with Gasteiger partial charge in [0.15, 0.2) is 11.5 Å². The molecule has 1 aromatic heterocycles. The second-order valence-corrected chi connectivity index (χ2v) is 5.62. The number of hydrogen-bond donors (Lipinski definition) is 0. The molecule has 1 radical (unpaired) electrons. The Hall–Kier alpha value is -2.49. The van der Waals surface area contributed by atoms with Gasteiger partial charge in [-0.05, 0) is 31.0 Å². The Labute approximate surface area is 135 Å². The number of aryl methyl sites for hydroxylation is 1. The highest BCUT2D eigenvalue weighted by atomic mass is 16.6. The van der Waals surface area contributed by atoms with Crippen molar-refractivity contribution < 1.29 is 9.47 Å². The van der Waals surface area contributed by atoms with E-state index in [1.807, 2.05) is 12.1 Å². The zero-order valence-corrected chi connectivity index (χ0v) is 13.2. The molecule has 0 saturated carbocycles. The molecule has 4 nitrogen and oxygen atoms in total. The van der Waals surface area contributed by atoms with E-state index in [-0.39, 0.29) is 0 Å². The Bertz CT molecular complexity index is 850. The summed E-state index contributed by atoms with van der Waals surface area (Å²) in [5, 5.41) is 0. The molecule has 0 bridgehead atoms. The maximum Gasteiger partial charge on any atom is 0.163 e. The quantitative estimate of drug-likeness (QED) is 0.739. The molecule has 0 spiro atoms. The second kappa shape index (κ2) is 5.61. The first-order valence-corrected chi connectivity index (χ1v) is 7.99. The van der Waals surface area contributed by atoms with Crippen molar-refractivity contribution in [2.45, 2.75) is 19.8 Å². The molecule has 1 aliphatic rings. The van der Waals surface area contributed by atoms with E-state index in [2.05, 4.69) is 42.7 Å². The number of rotatable bonds is 3. The van der Waals surface area contributed by atoms with Crippen LogP contribution >= 0.6 is 0 Å². The van der Waals surface area contributed by atoms with Crippen LogP contribution in [0.5, 0.6) is 11.5 Å². The van der Waals surface area contributed by atoms with Gasteiger partial charge < -0.3 is 9.47 Å². The van der Waals surface area contributed by atoms with Crippen molar-refractivity contribution in [2.24, 2.45) is 0 Å². The topological polar surface area (TPSA) is 36.3 Å². The van der Waals surface area contributed by atoms with Crippen LogP contribution in [0.15, 0.2) is 36.4 Å². The monoisotopic (exact) mass is 307 g/mol. The van der Waals surface area contributed by atoms with Crippen molar-refractivity contribution in [3.8, 4) is 17.2 Å². The Kier molecular flexibility index (Phi) is 3.45. The smallest absolute Gasteiger partial charge is 0.163 e. The van der Waals surface area contributed by atoms with Crippen LogP contribution in [0.25, 0.3) is 16.7 Å². The van der Waals surface area contributed by atoms with Crippen LogP contribution in [-0.2, 0) is 12.8 Å². The predicted octanol–water partition coefficient (Wildman–Crippen LogP) is 3.74. The Morgan fingerprint density at radius 3 is 2.43 bits per heavy atom. The average Bonchev–Trinajstić information content (AvgIpc) is 2.97. The second-order valence-electron chi connectivity index (χ2n) is 5.62. The van der Waals surface area contributed by atoms with E-state index in [1.54, 1.807) is 0 Å². The van der Waals surface area contributed by atoms with Crippen LogP contribution < -0.4 is 9.47 Å². The van der Waals surface area contributed by atoms with E-state index in [9.17, 15) is 0 Å². The molecule has 2 aromatic carbocycles. The number of ether oxygens (including phenoxy) is 2. The predicted molar refractivity (Wildman–Crippen MR) is 90.5 cm³/mol. The van der Waals surface area contributed by atoms with Crippen molar-refractivity contribution in [1.29, 1.82) is 0 Å². The lowest BCUT2D eigenvalue weighted by molar-refractivity contribution is 0.172. The Balaban J connectivity index is 1.92. The maximum atomic E-state index is 5.73. The molecular formula is C19H19N2O2. The van der Waals surface area contributed by atoms with Crippen molar-refractivity contribution in [2.75, 3.05) is 13.2 Å². The van der Waals surface area contributed by atoms with Crippen molar-refractivity contribution in [1.82, 2.24) is 9.55 Å². The summed E-state index contributed by atoms with van der Waals surface area (Å²) < 4.78 is 13.6. The van der Waals surface area contributed by atoms with E-state index in [1.165, 1.54) is 5.56 Å². The molecule has 0 fully saturated rings. The normalized spacial score (nSPS) is 13.5. The Morgan fingerprint density at radius 1 is 1.09 bits per heavy atom. The largest absolute Gasteiger partial charge is 0.486 e. The third-order valence-corrected chi connectivity index (χ3v) is 4.19. The van der Waals surface area contributed by atoms with E-state index >= 15 is 0 Å². The van der Waals surface area contributed by atoms with Crippen LogP contribution in [0.3, 0.4) is 0 Å². The lowest BCUT2D eigenvalue weighted by Crippen LogP contribution is -2.15. The fourth-order valence-electron chi connectivity index (χ4n) is 3.00. The molecule has 117 valence electrons. The Morgan fingerprint density at radius 2 is 1.78 bits per heavy atom. The average molecular weight is 307 g/mol. The molecule has 4 rings (SSSR count). The molecule has 23 heavy (non-hydrogen) atoms.